The van der Waals surface area contributed by atoms with Gasteiger partial charge in [-0.15, -0.1) is 11.8 Å². The summed E-state index contributed by atoms with van der Waals surface area (Å²) in [7, 11) is 0. The molecule has 0 spiro atoms. The van der Waals surface area contributed by atoms with Crippen molar-refractivity contribution >= 4 is 35.0 Å². The Morgan fingerprint density at radius 1 is 1.38 bits per heavy atom. The normalized spacial score (nSPS) is 12.2. The van der Waals surface area contributed by atoms with Gasteiger partial charge >= 0.3 is 0 Å². The first-order valence-corrected chi connectivity index (χ1v) is 5.29. The summed E-state index contributed by atoms with van der Waals surface area (Å²) in [4.78, 5) is 0.778. The molecule has 68 valence electrons. The lowest BCUT2D eigenvalue weighted by molar-refractivity contribution is 1.23. The highest BCUT2D eigenvalue weighted by atomic mass is 35.5. The summed E-state index contributed by atoms with van der Waals surface area (Å²) in [6.45, 7) is 1.81. The average Bonchev–Trinajstić information content (AvgIpc) is 2.11. The molecule has 1 unspecified atom stereocenters. The van der Waals surface area contributed by atoms with Crippen molar-refractivity contribution in [1.29, 1.82) is 5.26 Å². The van der Waals surface area contributed by atoms with Crippen molar-refractivity contribution in [2.75, 3.05) is 0 Å². The number of benzene rings is 1. The first-order chi connectivity index (χ1) is 6.15. The molecule has 0 saturated carbocycles. The molecule has 0 fully saturated rings. The standard InChI is InChI=1S/C9H7Cl2NS/c1-6(5-12)13-9-7(10)3-2-4-8(9)11/h2-4,6H,1H3. The Morgan fingerprint density at radius 2 is 1.92 bits per heavy atom. The zero-order valence-electron chi connectivity index (χ0n) is 6.92. The van der Waals surface area contributed by atoms with Crippen LogP contribution in [0.5, 0.6) is 0 Å². The fourth-order valence-corrected chi connectivity index (χ4v) is 2.23. The highest BCUT2D eigenvalue weighted by molar-refractivity contribution is 8.00. The zero-order valence-corrected chi connectivity index (χ0v) is 9.25. The van der Waals surface area contributed by atoms with Gasteiger partial charge in [0.15, 0.2) is 0 Å². The fraction of sp³-hybridized carbons (Fsp3) is 0.222. The van der Waals surface area contributed by atoms with E-state index in [2.05, 4.69) is 6.07 Å². The predicted octanol–water partition coefficient (Wildman–Crippen LogP) is 4.00. The van der Waals surface area contributed by atoms with Crippen LogP contribution in [0.4, 0.5) is 0 Å². The Bertz CT molecular complexity index is 326. The number of thioether (sulfide) groups is 1. The highest BCUT2D eigenvalue weighted by Gasteiger charge is 2.09. The van der Waals surface area contributed by atoms with E-state index in [-0.39, 0.29) is 5.25 Å². The maximum atomic E-state index is 8.62. The molecule has 13 heavy (non-hydrogen) atoms. The molecule has 0 heterocycles. The summed E-state index contributed by atoms with van der Waals surface area (Å²) >= 11 is 13.2. The average molecular weight is 232 g/mol. The van der Waals surface area contributed by atoms with Crippen LogP contribution in [-0.2, 0) is 0 Å². The lowest BCUT2D eigenvalue weighted by atomic mass is 10.4. The first-order valence-electron chi connectivity index (χ1n) is 3.65. The van der Waals surface area contributed by atoms with Crippen LogP contribution in [0.25, 0.3) is 0 Å². The van der Waals surface area contributed by atoms with E-state index < -0.39 is 0 Å². The highest BCUT2D eigenvalue weighted by Crippen LogP contribution is 2.35. The molecule has 1 atom stereocenters. The molecule has 1 aromatic carbocycles. The van der Waals surface area contributed by atoms with Crippen molar-refractivity contribution in [3.63, 3.8) is 0 Å². The van der Waals surface area contributed by atoms with E-state index in [0.29, 0.717) is 10.0 Å². The molecule has 4 heteroatoms. The van der Waals surface area contributed by atoms with Crippen molar-refractivity contribution in [2.24, 2.45) is 0 Å². The van der Waals surface area contributed by atoms with Gasteiger partial charge in [-0.1, -0.05) is 29.3 Å². The number of hydrogen-bond donors (Lipinski definition) is 0. The fourth-order valence-electron chi connectivity index (χ4n) is 0.798. The predicted molar refractivity (Wildman–Crippen MR) is 57.4 cm³/mol. The van der Waals surface area contributed by atoms with Crippen molar-refractivity contribution in [1.82, 2.24) is 0 Å². The van der Waals surface area contributed by atoms with Gasteiger partial charge in [-0.3, -0.25) is 0 Å². The molecule has 0 saturated heterocycles. The van der Waals surface area contributed by atoms with Gasteiger partial charge < -0.3 is 0 Å². The van der Waals surface area contributed by atoms with E-state index >= 15 is 0 Å². The van der Waals surface area contributed by atoms with E-state index in [1.54, 1.807) is 18.2 Å². The molecule has 0 aromatic heterocycles. The van der Waals surface area contributed by atoms with Crippen LogP contribution >= 0.6 is 35.0 Å². The molecule has 1 aromatic rings. The lowest BCUT2D eigenvalue weighted by Crippen LogP contribution is -1.90. The third-order valence-electron chi connectivity index (χ3n) is 1.40. The summed E-state index contributed by atoms with van der Waals surface area (Å²) in [5.41, 5.74) is 0. The van der Waals surface area contributed by atoms with Crippen LogP contribution in [0.2, 0.25) is 10.0 Å². The smallest absolute Gasteiger partial charge is 0.0936 e. The Kier molecular flexibility index (Phi) is 3.92. The van der Waals surface area contributed by atoms with Crippen LogP contribution < -0.4 is 0 Å². The maximum Gasteiger partial charge on any atom is 0.0936 e. The molecule has 0 aliphatic carbocycles. The monoisotopic (exact) mass is 231 g/mol. The van der Waals surface area contributed by atoms with Gasteiger partial charge in [0.25, 0.3) is 0 Å². The molecule has 1 rings (SSSR count). The van der Waals surface area contributed by atoms with Gasteiger partial charge in [-0.2, -0.15) is 5.26 Å². The second-order valence-electron chi connectivity index (χ2n) is 2.44. The lowest BCUT2D eigenvalue weighted by Gasteiger charge is -2.06. The quantitative estimate of drug-likeness (QED) is 0.719. The Morgan fingerprint density at radius 3 is 2.38 bits per heavy atom. The third kappa shape index (κ3) is 2.80. The van der Waals surface area contributed by atoms with E-state index in [9.17, 15) is 0 Å². The van der Waals surface area contributed by atoms with Gasteiger partial charge in [0.05, 0.1) is 21.4 Å². The maximum absolute atomic E-state index is 8.62. The van der Waals surface area contributed by atoms with Crippen LogP contribution in [-0.4, -0.2) is 5.25 Å². The Hall–Kier alpha value is -0.360. The summed E-state index contributed by atoms with van der Waals surface area (Å²) in [5.74, 6) is 0. The van der Waals surface area contributed by atoms with Crippen molar-refractivity contribution in [2.45, 2.75) is 17.1 Å². The second kappa shape index (κ2) is 4.76. The molecular formula is C9H7Cl2NS. The molecular weight excluding hydrogens is 225 g/mol. The number of nitrogens with zero attached hydrogens (tertiary/aromatic N) is 1. The minimum atomic E-state index is -0.141. The molecule has 0 amide bonds. The van der Waals surface area contributed by atoms with Gasteiger partial charge in [0.1, 0.15) is 0 Å². The van der Waals surface area contributed by atoms with E-state index in [4.69, 9.17) is 28.5 Å². The van der Waals surface area contributed by atoms with Gasteiger partial charge in [0.2, 0.25) is 0 Å². The molecule has 0 aliphatic rings. The van der Waals surface area contributed by atoms with Gasteiger partial charge in [-0.25, -0.2) is 0 Å². The van der Waals surface area contributed by atoms with Crippen LogP contribution in [0.1, 0.15) is 6.92 Å². The van der Waals surface area contributed by atoms with E-state index in [1.807, 2.05) is 6.92 Å². The van der Waals surface area contributed by atoms with Crippen LogP contribution in [0.15, 0.2) is 23.1 Å². The second-order valence-corrected chi connectivity index (χ2v) is 4.61. The van der Waals surface area contributed by atoms with Gasteiger partial charge in [-0.05, 0) is 19.1 Å². The summed E-state index contributed by atoms with van der Waals surface area (Å²) in [6.07, 6.45) is 0. The molecule has 0 bridgehead atoms. The zero-order chi connectivity index (χ0) is 9.84. The Labute approximate surface area is 91.6 Å². The first kappa shape index (κ1) is 10.7. The number of nitriles is 1. The summed E-state index contributed by atoms with van der Waals surface area (Å²) in [6, 6.07) is 7.42. The van der Waals surface area contributed by atoms with Gasteiger partial charge in [0, 0.05) is 4.90 Å². The van der Waals surface area contributed by atoms with Crippen molar-refractivity contribution in [3.8, 4) is 6.07 Å². The number of hydrogen-bond acceptors (Lipinski definition) is 2. The van der Waals surface area contributed by atoms with Crippen LogP contribution in [0, 0.1) is 11.3 Å². The molecule has 0 radical (unpaired) electrons. The summed E-state index contributed by atoms with van der Waals surface area (Å²) < 4.78 is 0. The number of rotatable bonds is 2. The molecule has 0 N–H and O–H groups in total. The van der Waals surface area contributed by atoms with Crippen molar-refractivity contribution in [3.05, 3.63) is 28.2 Å². The number of halogens is 2. The third-order valence-corrected chi connectivity index (χ3v) is 3.38. The SMILES string of the molecule is CC(C#N)Sc1c(Cl)cccc1Cl. The van der Waals surface area contributed by atoms with E-state index in [0.717, 1.165) is 4.90 Å². The Balaban J connectivity index is 2.95. The van der Waals surface area contributed by atoms with Crippen molar-refractivity contribution < 1.29 is 0 Å². The summed E-state index contributed by atoms with van der Waals surface area (Å²) in [5, 5.41) is 9.67. The minimum absolute atomic E-state index is 0.141. The topological polar surface area (TPSA) is 23.8 Å². The largest absolute Gasteiger partial charge is 0.197 e. The molecule has 1 nitrogen and oxygen atoms in total. The minimum Gasteiger partial charge on any atom is -0.197 e. The van der Waals surface area contributed by atoms with Crippen LogP contribution in [0.3, 0.4) is 0 Å². The van der Waals surface area contributed by atoms with E-state index in [1.165, 1.54) is 11.8 Å². The molecule has 0 aliphatic heterocycles.